The number of piperazine rings is 1. The van der Waals surface area contributed by atoms with Crippen molar-refractivity contribution in [2.24, 2.45) is 4.99 Å². The summed E-state index contributed by atoms with van der Waals surface area (Å²) in [5.74, 6) is 2.89. The standard InChI is InChI=1S/C26H24ClN3O3/c1-17-16-29(13-14-30(17)26(31)19-7-3-4-8-21(19)27)25-20-12-11-18(32-2)15-24(20)33-23-10-6-5-9-22(23)28-25/h3-12,15,17H,13-14,16H2,1-2H3/t17-/m0/s1. The number of para-hydroxylation sites is 2. The molecule has 3 aromatic rings. The van der Waals surface area contributed by atoms with Crippen LogP contribution in [0.4, 0.5) is 5.69 Å². The zero-order valence-electron chi connectivity index (χ0n) is 18.5. The van der Waals surface area contributed by atoms with Gasteiger partial charge in [0.15, 0.2) is 5.75 Å². The van der Waals surface area contributed by atoms with Gasteiger partial charge in [0.1, 0.15) is 23.0 Å². The SMILES string of the molecule is COc1ccc2c(c1)Oc1ccccc1N=C2N1CCN(C(=O)c2ccccc2Cl)[C@@H](C)C1. The van der Waals surface area contributed by atoms with Crippen molar-refractivity contribution in [3.05, 3.63) is 82.9 Å². The van der Waals surface area contributed by atoms with Crippen LogP contribution < -0.4 is 9.47 Å². The minimum Gasteiger partial charge on any atom is -0.497 e. The first-order valence-corrected chi connectivity index (χ1v) is 11.3. The van der Waals surface area contributed by atoms with Gasteiger partial charge in [-0.2, -0.15) is 0 Å². The summed E-state index contributed by atoms with van der Waals surface area (Å²) in [6.07, 6.45) is 0. The Morgan fingerprint density at radius 2 is 1.85 bits per heavy atom. The highest BCUT2D eigenvalue weighted by molar-refractivity contribution is 6.33. The number of halogens is 1. The zero-order chi connectivity index (χ0) is 22.9. The molecule has 0 bridgehead atoms. The largest absolute Gasteiger partial charge is 0.497 e. The molecule has 6 nitrogen and oxygen atoms in total. The van der Waals surface area contributed by atoms with E-state index in [1.807, 2.05) is 59.5 Å². The maximum Gasteiger partial charge on any atom is 0.255 e. The minimum absolute atomic E-state index is 0.0219. The molecule has 0 saturated carbocycles. The number of methoxy groups -OCH3 is 1. The summed E-state index contributed by atoms with van der Waals surface area (Å²) in [6.45, 7) is 3.91. The fourth-order valence-electron chi connectivity index (χ4n) is 4.31. The van der Waals surface area contributed by atoms with E-state index in [2.05, 4.69) is 11.8 Å². The van der Waals surface area contributed by atoms with E-state index in [4.69, 9.17) is 26.1 Å². The summed E-state index contributed by atoms with van der Waals surface area (Å²) in [5.41, 5.74) is 2.20. The minimum atomic E-state index is -0.0469. The normalized spacial score (nSPS) is 17.3. The summed E-state index contributed by atoms with van der Waals surface area (Å²) in [7, 11) is 1.64. The molecule has 1 amide bonds. The van der Waals surface area contributed by atoms with Gasteiger partial charge in [-0.15, -0.1) is 0 Å². The average molecular weight is 462 g/mol. The molecule has 1 saturated heterocycles. The predicted octanol–water partition coefficient (Wildman–Crippen LogP) is 5.38. The molecule has 0 aromatic heterocycles. The molecule has 2 heterocycles. The van der Waals surface area contributed by atoms with Crippen molar-refractivity contribution in [2.75, 3.05) is 26.7 Å². The first-order valence-electron chi connectivity index (χ1n) is 10.9. The Bertz CT molecular complexity index is 1240. The molecule has 5 rings (SSSR count). The molecule has 1 atom stereocenters. The Labute approximate surface area is 198 Å². The van der Waals surface area contributed by atoms with Crippen LogP contribution in [0.3, 0.4) is 0 Å². The van der Waals surface area contributed by atoms with Crippen molar-refractivity contribution in [3.8, 4) is 17.2 Å². The second kappa shape index (κ2) is 8.79. The first-order chi connectivity index (χ1) is 16.0. The highest BCUT2D eigenvalue weighted by atomic mass is 35.5. The monoisotopic (exact) mass is 461 g/mol. The van der Waals surface area contributed by atoms with Gasteiger partial charge in [-0.25, -0.2) is 4.99 Å². The summed E-state index contributed by atoms with van der Waals surface area (Å²) < 4.78 is 11.6. The van der Waals surface area contributed by atoms with Crippen molar-refractivity contribution in [1.82, 2.24) is 9.80 Å². The summed E-state index contributed by atoms with van der Waals surface area (Å²) in [4.78, 5) is 22.3. The van der Waals surface area contributed by atoms with Gasteiger partial charge >= 0.3 is 0 Å². The second-order valence-electron chi connectivity index (χ2n) is 8.14. The van der Waals surface area contributed by atoms with Gasteiger partial charge in [0, 0.05) is 31.7 Å². The molecule has 0 aliphatic carbocycles. The lowest BCUT2D eigenvalue weighted by Gasteiger charge is -2.41. The van der Waals surface area contributed by atoms with E-state index in [0.29, 0.717) is 41.7 Å². The zero-order valence-corrected chi connectivity index (χ0v) is 19.2. The van der Waals surface area contributed by atoms with Gasteiger partial charge < -0.3 is 19.3 Å². The van der Waals surface area contributed by atoms with Crippen molar-refractivity contribution in [1.29, 1.82) is 0 Å². The van der Waals surface area contributed by atoms with Crippen molar-refractivity contribution in [2.45, 2.75) is 13.0 Å². The highest BCUT2D eigenvalue weighted by Gasteiger charge is 2.32. The maximum absolute atomic E-state index is 13.2. The topological polar surface area (TPSA) is 54.4 Å². The van der Waals surface area contributed by atoms with Crippen LogP contribution in [0.25, 0.3) is 0 Å². The molecule has 7 heteroatoms. The van der Waals surface area contributed by atoms with Crippen LogP contribution in [0.2, 0.25) is 5.02 Å². The molecular weight excluding hydrogens is 438 g/mol. The number of benzene rings is 3. The third-order valence-electron chi connectivity index (χ3n) is 6.03. The molecule has 0 unspecified atom stereocenters. The summed E-state index contributed by atoms with van der Waals surface area (Å²) in [5, 5.41) is 0.474. The molecule has 1 fully saturated rings. The number of hydrogen-bond donors (Lipinski definition) is 0. The van der Waals surface area contributed by atoms with Crippen LogP contribution in [0.1, 0.15) is 22.8 Å². The van der Waals surface area contributed by atoms with Crippen molar-refractivity contribution >= 4 is 29.0 Å². The number of rotatable bonds is 2. The Hall–Kier alpha value is -3.51. The van der Waals surface area contributed by atoms with Gasteiger partial charge in [0.2, 0.25) is 0 Å². The Kier molecular flexibility index (Phi) is 5.68. The van der Waals surface area contributed by atoms with E-state index in [1.54, 1.807) is 19.2 Å². The second-order valence-corrected chi connectivity index (χ2v) is 8.55. The van der Waals surface area contributed by atoms with Gasteiger partial charge in [0.25, 0.3) is 5.91 Å². The van der Waals surface area contributed by atoms with Crippen LogP contribution in [0.5, 0.6) is 17.2 Å². The van der Waals surface area contributed by atoms with Crippen LogP contribution in [0.15, 0.2) is 71.7 Å². The molecule has 0 radical (unpaired) electrons. The third kappa shape index (κ3) is 4.02. The molecule has 168 valence electrons. The van der Waals surface area contributed by atoms with Crippen LogP contribution >= 0.6 is 11.6 Å². The van der Waals surface area contributed by atoms with Gasteiger partial charge in [-0.05, 0) is 43.3 Å². The quantitative estimate of drug-likeness (QED) is 0.514. The fourth-order valence-corrected chi connectivity index (χ4v) is 4.53. The number of ether oxygens (including phenoxy) is 2. The molecule has 0 spiro atoms. The van der Waals surface area contributed by atoms with Crippen LogP contribution in [-0.2, 0) is 0 Å². The van der Waals surface area contributed by atoms with Gasteiger partial charge in [-0.1, -0.05) is 35.9 Å². The van der Waals surface area contributed by atoms with E-state index in [0.717, 1.165) is 22.8 Å². The van der Waals surface area contributed by atoms with Crippen LogP contribution in [0, 0.1) is 0 Å². The Balaban J connectivity index is 1.46. The number of carbonyl (C=O) groups excluding carboxylic acids is 1. The number of nitrogens with zero attached hydrogens (tertiary/aromatic N) is 3. The van der Waals surface area contributed by atoms with Gasteiger partial charge in [0.05, 0.1) is 23.3 Å². The van der Waals surface area contributed by atoms with Gasteiger partial charge in [-0.3, -0.25) is 4.79 Å². The number of fused-ring (bicyclic) bond motifs is 2. The number of hydrogen-bond acceptors (Lipinski definition) is 5. The molecule has 3 aromatic carbocycles. The lowest BCUT2D eigenvalue weighted by molar-refractivity contribution is 0.0581. The van der Waals surface area contributed by atoms with E-state index in [9.17, 15) is 4.79 Å². The third-order valence-corrected chi connectivity index (χ3v) is 6.36. The van der Waals surface area contributed by atoms with E-state index in [1.165, 1.54) is 0 Å². The number of aliphatic imine (C=N–C) groups is 1. The lowest BCUT2D eigenvalue weighted by Crippen LogP contribution is -2.55. The highest BCUT2D eigenvalue weighted by Crippen LogP contribution is 2.39. The van der Waals surface area contributed by atoms with E-state index < -0.39 is 0 Å². The maximum atomic E-state index is 13.2. The predicted molar refractivity (Wildman–Crippen MR) is 129 cm³/mol. The van der Waals surface area contributed by atoms with E-state index >= 15 is 0 Å². The molecule has 0 N–H and O–H groups in total. The Morgan fingerprint density at radius 1 is 1.06 bits per heavy atom. The van der Waals surface area contributed by atoms with Crippen LogP contribution in [-0.4, -0.2) is 54.3 Å². The lowest BCUT2D eigenvalue weighted by atomic mass is 10.1. The number of carbonyl (C=O) groups is 1. The fraction of sp³-hybridized carbons (Fsp3) is 0.231. The molecular formula is C26H24ClN3O3. The smallest absolute Gasteiger partial charge is 0.255 e. The van der Waals surface area contributed by atoms with Crippen molar-refractivity contribution in [3.63, 3.8) is 0 Å². The summed E-state index contributed by atoms with van der Waals surface area (Å²) >= 11 is 6.28. The first kappa shape index (κ1) is 21.3. The summed E-state index contributed by atoms with van der Waals surface area (Å²) in [6, 6.07) is 20.7. The van der Waals surface area contributed by atoms with E-state index in [-0.39, 0.29) is 11.9 Å². The number of amidine groups is 1. The van der Waals surface area contributed by atoms with Crippen molar-refractivity contribution < 1.29 is 14.3 Å². The average Bonchev–Trinajstić information content (AvgIpc) is 3.00. The molecule has 2 aliphatic heterocycles. The molecule has 33 heavy (non-hydrogen) atoms. The number of amides is 1. The molecule has 2 aliphatic rings. The Morgan fingerprint density at radius 3 is 2.64 bits per heavy atom.